The van der Waals surface area contributed by atoms with Gasteiger partial charge in [0.15, 0.2) is 5.17 Å². The van der Waals surface area contributed by atoms with Gasteiger partial charge in [0.25, 0.3) is 0 Å². The molecule has 4 rings (SSSR count). The zero-order valence-electron chi connectivity index (χ0n) is 18.7. The van der Waals surface area contributed by atoms with Gasteiger partial charge in [0, 0.05) is 30.9 Å². The van der Waals surface area contributed by atoms with Gasteiger partial charge in [0.05, 0.1) is 11.5 Å². The maximum atomic E-state index is 13.6. The number of piperidine rings is 1. The number of nitrogens with zero attached hydrogens (tertiary/aromatic N) is 3. The lowest BCUT2D eigenvalue weighted by molar-refractivity contribution is -0.154. The minimum absolute atomic E-state index is 0. The summed E-state index contributed by atoms with van der Waals surface area (Å²) in [6.07, 6.45) is 5.11. The molecule has 1 saturated heterocycles. The molecule has 2 aromatic carbocycles. The van der Waals surface area contributed by atoms with E-state index >= 15 is 0 Å². The number of para-hydroxylation sites is 2. The van der Waals surface area contributed by atoms with Crippen LogP contribution in [0.1, 0.15) is 32.1 Å². The van der Waals surface area contributed by atoms with Crippen LogP contribution in [0.5, 0.6) is 0 Å². The molecule has 1 heterocycles. The highest BCUT2D eigenvalue weighted by atomic mass is 127. The molecule has 2 aromatic rings. The molecular weight excluding hydrogens is 549 g/mol. The quantitative estimate of drug-likeness (QED) is 0.282. The summed E-state index contributed by atoms with van der Waals surface area (Å²) in [6, 6.07) is 19.3. The van der Waals surface area contributed by atoms with Gasteiger partial charge in [0.1, 0.15) is 0 Å². The molecular formula is C25H30IN3O3S. The Morgan fingerprint density at radius 3 is 1.97 bits per heavy atom. The number of likely N-dealkylation sites (tertiary alicyclic amines) is 1. The van der Waals surface area contributed by atoms with Crippen LogP contribution in [0.15, 0.2) is 65.7 Å². The largest absolute Gasteiger partial charge is 0.481 e. The van der Waals surface area contributed by atoms with Gasteiger partial charge in [-0.3, -0.25) is 19.5 Å². The molecule has 0 unspecified atom stereocenters. The molecule has 2 fully saturated rings. The van der Waals surface area contributed by atoms with E-state index in [2.05, 4.69) is 4.90 Å². The van der Waals surface area contributed by atoms with Crippen molar-refractivity contribution < 1.29 is 14.7 Å². The van der Waals surface area contributed by atoms with Crippen LogP contribution in [-0.2, 0) is 9.59 Å². The predicted octanol–water partition coefficient (Wildman–Crippen LogP) is 5.41. The van der Waals surface area contributed by atoms with Gasteiger partial charge in [-0.25, -0.2) is 0 Å². The number of thioether (sulfide) groups is 1. The van der Waals surface area contributed by atoms with Crippen LogP contribution in [0.3, 0.4) is 0 Å². The zero-order chi connectivity index (χ0) is 22.6. The van der Waals surface area contributed by atoms with E-state index in [0.29, 0.717) is 32.0 Å². The minimum Gasteiger partial charge on any atom is -0.481 e. The van der Waals surface area contributed by atoms with Crippen LogP contribution in [0.4, 0.5) is 11.4 Å². The summed E-state index contributed by atoms with van der Waals surface area (Å²) < 4.78 is 0. The number of carboxylic acids is 1. The van der Waals surface area contributed by atoms with Gasteiger partial charge < -0.3 is 10.0 Å². The van der Waals surface area contributed by atoms with Crippen molar-refractivity contribution in [2.75, 3.05) is 24.2 Å². The van der Waals surface area contributed by atoms with Crippen molar-refractivity contribution in [1.29, 1.82) is 0 Å². The summed E-state index contributed by atoms with van der Waals surface area (Å²) in [5.74, 6) is -1.09. The number of aliphatic carboxylic acids is 1. The van der Waals surface area contributed by atoms with E-state index in [0.717, 1.165) is 29.4 Å². The van der Waals surface area contributed by atoms with E-state index in [1.54, 1.807) is 16.7 Å². The number of aliphatic imine (C=N–C) groups is 1. The van der Waals surface area contributed by atoms with Crippen molar-refractivity contribution in [3.05, 3.63) is 60.7 Å². The standard InChI is InChI=1S/C25H29N3O3S.HI/c1-32-24(26-19-12-13-19)27-16-14-25(15-17-27,23(30)31)18-22(29)28(20-8-4-2-5-9-20)21-10-6-3-7-11-21;/h2-11,19H,12-18H2,1H3,(H,30,31);1H/b26-24-;. The summed E-state index contributed by atoms with van der Waals surface area (Å²) in [6.45, 7) is 1.20. The molecule has 176 valence electrons. The molecule has 1 amide bonds. The maximum Gasteiger partial charge on any atom is 0.310 e. The van der Waals surface area contributed by atoms with Gasteiger partial charge >= 0.3 is 5.97 Å². The number of amides is 1. The van der Waals surface area contributed by atoms with Crippen molar-refractivity contribution in [2.45, 2.75) is 38.1 Å². The van der Waals surface area contributed by atoms with Crippen LogP contribution in [0.25, 0.3) is 0 Å². The molecule has 0 radical (unpaired) electrons. The van der Waals surface area contributed by atoms with Crippen molar-refractivity contribution in [2.24, 2.45) is 10.4 Å². The Labute approximate surface area is 216 Å². The summed E-state index contributed by atoms with van der Waals surface area (Å²) >= 11 is 1.62. The third kappa shape index (κ3) is 6.09. The Bertz CT molecular complexity index is 935. The zero-order valence-corrected chi connectivity index (χ0v) is 21.9. The van der Waals surface area contributed by atoms with Gasteiger partial charge in [-0.05, 0) is 56.2 Å². The third-order valence-corrected chi connectivity index (χ3v) is 6.96. The van der Waals surface area contributed by atoms with E-state index in [1.807, 2.05) is 66.9 Å². The lowest BCUT2D eigenvalue weighted by Gasteiger charge is -2.40. The highest BCUT2D eigenvalue weighted by Crippen LogP contribution is 2.39. The average molecular weight is 580 g/mol. The van der Waals surface area contributed by atoms with Crippen molar-refractivity contribution in [1.82, 2.24) is 4.90 Å². The number of halogens is 1. The normalized spacial score (nSPS) is 17.7. The molecule has 0 aromatic heterocycles. The van der Waals surface area contributed by atoms with Crippen LogP contribution >= 0.6 is 35.7 Å². The maximum absolute atomic E-state index is 13.6. The summed E-state index contributed by atoms with van der Waals surface area (Å²) in [7, 11) is 0. The van der Waals surface area contributed by atoms with E-state index in [4.69, 9.17) is 4.99 Å². The van der Waals surface area contributed by atoms with Gasteiger partial charge in [-0.15, -0.1) is 24.0 Å². The van der Waals surface area contributed by atoms with Crippen LogP contribution in [0, 0.1) is 5.41 Å². The van der Waals surface area contributed by atoms with Crippen molar-refractivity contribution in [3.8, 4) is 0 Å². The molecule has 0 bridgehead atoms. The van der Waals surface area contributed by atoms with Crippen LogP contribution in [-0.4, -0.2) is 52.4 Å². The third-order valence-electron chi connectivity index (χ3n) is 6.24. The molecule has 2 aliphatic rings. The summed E-state index contributed by atoms with van der Waals surface area (Å²) in [5.41, 5.74) is 0.407. The number of carbonyl (C=O) groups excluding carboxylic acids is 1. The van der Waals surface area contributed by atoms with E-state index < -0.39 is 11.4 Å². The summed E-state index contributed by atoms with van der Waals surface area (Å²) in [5, 5.41) is 11.2. The number of anilines is 2. The number of rotatable bonds is 6. The molecule has 1 aliphatic heterocycles. The lowest BCUT2D eigenvalue weighted by Crippen LogP contribution is -2.48. The number of hydrogen-bond donors (Lipinski definition) is 1. The second-order valence-corrected chi connectivity index (χ2v) is 9.27. The fraction of sp³-hybridized carbons (Fsp3) is 0.400. The first-order chi connectivity index (χ1) is 15.5. The number of amidine groups is 1. The van der Waals surface area contributed by atoms with Crippen LogP contribution < -0.4 is 4.90 Å². The van der Waals surface area contributed by atoms with Gasteiger partial charge in [-0.1, -0.05) is 48.2 Å². The average Bonchev–Trinajstić information content (AvgIpc) is 3.64. The Hall–Kier alpha value is -2.07. The van der Waals surface area contributed by atoms with Gasteiger partial charge in [0.2, 0.25) is 5.91 Å². The minimum atomic E-state index is -1.07. The Balaban J connectivity index is 0.00000306. The lowest BCUT2D eigenvalue weighted by atomic mass is 9.75. The summed E-state index contributed by atoms with van der Waals surface area (Å²) in [4.78, 5) is 34.6. The van der Waals surface area contributed by atoms with E-state index in [-0.39, 0.29) is 36.3 Å². The van der Waals surface area contributed by atoms with Crippen molar-refractivity contribution >= 4 is 64.2 Å². The molecule has 0 atom stereocenters. The second kappa shape index (κ2) is 11.4. The molecule has 1 N–H and O–H groups in total. The van der Waals surface area contributed by atoms with Gasteiger partial charge in [-0.2, -0.15) is 0 Å². The molecule has 8 heteroatoms. The van der Waals surface area contributed by atoms with E-state index in [1.165, 1.54) is 0 Å². The molecule has 1 saturated carbocycles. The number of carbonyl (C=O) groups is 2. The second-order valence-electron chi connectivity index (χ2n) is 8.50. The SMILES string of the molecule is CS/C(=N\C1CC1)N1CCC(CC(=O)N(c2ccccc2)c2ccccc2)(C(=O)O)CC1.I. The Morgan fingerprint density at radius 2 is 1.55 bits per heavy atom. The first-order valence-electron chi connectivity index (χ1n) is 11.1. The first kappa shape index (κ1) is 25.6. The predicted molar refractivity (Wildman–Crippen MR) is 145 cm³/mol. The first-order valence-corrected chi connectivity index (χ1v) is 12.3. The highest BCUT2D eigenvalue weighted by molar-refractivity contribution is 14.0. The van der Waals surface area contributed by atoms with Crippen molar-refractivity contribution in [3.63, 3.8) is 0 Å². The number of carboxylic acid groups (broad SMARTS) is 1. The smallest absolute Gasteiger partial charge is 0.310 e. The Kier molecular flexibility index (Phi) is 8.81. The highest BCUT2D eigenvalue weighted by Gasteiger charge is 2.45. The molecule has 33 heavy (non-hydrogen) atoms. The van der Waals surface area contributed by atoms with Crippen LogP contribution in [0.2, 0.25) is 0 Å². The monoisotopic (exact) mass is 579 g/mol. The topological polar surface area (TPSA) is 73.2 Å². The molecule has 0 spiro atoms. The fourth-order valence-corrected chi connectivity index (χ4v) is 4.87. The molecule has 1 aliphatic carbocycles. The Morgan fingerprint density at radius 1 is 1.03 bits per heavy atom. The number of hydrogen-bond acceptors (Lipinski definition) is 4. The number of benzene rings is 2. The van der Waals surface area contributed by atoms with E-state index in [9.17, 15) is 14.7 Å². The fourth-order valence-electron chi connectivity index (χ4n) is 4.18. The molecule has 6 nitrogen and oxygen atoms in total.